The van der Waals surface area contributed by atoms with Gasteiger partial charge in [-0.2, -0.15) is 0 Å². The van der Waals surface area contributed by atoms with Gasteiger partial charge in [0.2, 0.25) is 5.91 Å². The molecule has 0 aliphatic carbocycles. The van der Waals surface area contributed by atoms with Crippen LogP contribution >= 0.6 is 0 Å². The van der Waals surface area contributed by atoms with Gasteiger partial charge in [0, 0.05) is 12.1 Å². The highest BCUT2D eigenvalue weighted by Gasteiger charge is 2.05. The van der Waals surface area contributed by atoms with Crippen molar-refractivity contribution in [2.45, 2.75) is 58.0 Å². The van der Waals surface area contributed by atoms with Crippen LogP contribution in [0, 0.1) is 0 Å². The van der Waals surface area contributed by atoms with Gasteiger partial charge in [-0.15, -0.1) is 0 Å². The summed E-state index contributed by atoms with van der Waals surface area (Å²) in [5.74, 6) is -1.07. The highest BCUT2D eigenvalue weighted by Crippen LogP contribution is 2.13. The Hall–Kier alpha value is -1.91. The van der Waals surface area contributed by atoms with Crippen LogP contribution in [0.25, 0.3) is 0 Å². The molecule has 1 aromatic carbocycles. The first-order valence-corrected chi connectivity index (χ1v) is 7.80. The van der Waals surface area contributed by atoms with Crippen molar-refractivity contribution >= 4 is 17.6 Å². The molecule has 0 fully saturated rings. The second kappa shape index (κ2) is 9.92. The third-order valence-electron chi connectivity index (χ3n) is 3.53. The molecule has 0 radical (unpaired) electrons. The molecule has 0 bridgehead atoms. The average molecular weight is 309 g/mol. The van der Waals surface area contributed by atoms with Crippen LogP contribution in [0.4, 0.5) is 10.1 Å². The number of hydrogen-bond donors (Lipinski definition) is 2. The molecule has 2 N–H and O–H groups in total. The van der Waals surface area contributed by atoms with Crippen LogP contribution in [0.5, 0.6) is 0 Å². The molecule has 5 heteroatoms. The average Bonchev–Trinajstić information content (AvgIpc) is 2.50. The lowest BCUT2D eigenvalue weighted by atomic mass is 10.1. The van der Waals surface area contributed by atoms with Crippen molar-refractivity contribution in [1.82, 2.24) is 0 Å². The van der Waals surface area contributed by atoms with E-state index in [4.69, 9.17) is 5.11 Å². The number of carbonyl (C=O) groups is 2. The fraction of sp³-hybridized carbons (Fsp3) is 0.529. The van der Waals surface area contributed by atoms with Crippen LogP contribution in [-0.2, 0) is 4.79 Å². The molecular weight excluding hydrogens is 285 g/mol. The molecule has 1 unspecified atom stereocenters. The van der Waals surface area contributed by atoms with Crippen LogP contribution in [0.1, 0.15) is 62.2 Å². The number of nitrogens with one attached hydrogen (secondary N) is 1. The van der Waals surface area contributed by atoms with E-state index in [1.54, 1.807) is 12.1 Å². The second-order valence-electron chi connectivity index (χ2n) is 5.39. The summed E-state index contributed by atoms with van der Waals surface area (Å²) in [4.78, 5) is 22.4. The Morgan fingerprint density at radius 2 is 1.77 bits per heavy atom. The molecule has 0 spiro atoms. The summed E-state index contributed by atoms with van der Waals surface area (Å²) < 4.78 is 13.0. The van der Waals surface area contributed by atoms with Crippen LogP contribution in [-0.4, -0.2) is 23.2 Å². The van der Waals surface area contributed by atoms with E-state index in [0.717, 1.165) is 25.7 Å². The molecule has 1 aromatic rings. The van der Waals surface area contributed by atoms with Gasteiger partial charge in [0.05, 0.1) is 11.7 Å². The number of carboxylic acids is 1. The zero-order valence-corrected chi connectivity index (χ0v) is 13.0. The van der Waals surface area contributed by atoms with Gasteiger partial charge in [-0.25, -0.2) is 9.18 Å². The number of halogens is 1. The third kappa shape index (κ3) is 7.20. The summed E-state index contributed by atoms with van der Waals surface area (Å²) in [6.45, 7) is 1.85. The third-order valence-corrected chi connectivity index (χ3v) is 3.53. The monoisotopic (exact) mass is 309 g/mol. The van der Waals surface area contributed by atoms with Crippen LogP contribution in [0.15, 0.2) is 24.3 Å². The Balaban J connectivity index is 2.17. The first kappa shape index (κ1) is 18.1. The lowest BCUT2D eigenvalue weighted by Crippen LogP contribution is -2.11. The normalized spacial score (nSPS) is 11.9. The maximum absolute atomic E-state index is 13.0. The van der Waals surface area contributed by atoms with Crippen molar-refractivity contribution in [3.63, 3.8) is 0 Å². The molecule has 1 rings (SSSR count). The molecule has 1 amide bonds. The maximum atomic E-state index is 13.0. The van der Waals surface area contributed by atoms with Crippen molar-refractivity contribution in [2.75, 3.05) is 5.32 Å². The molecule has 0 aliphatic rings. The molecule has 22 heavy (non-hydrogen) atoms. The summed E-state index contributed by atoms with van der Waals surface area (Å²) in [5, 5.41) is 11.5. The number of carbonyl (C=O) groups excluding carboxylic acids is 1. The smallest absolute Gasteiger partial charge is 0.335 e. The fourth-order valence-corrected chi connectivity index (χ4v) is 2.13. The molecular formula is C17H24FNO3. The number of benzene rings is 1. The van der Waals surface area contributed by atoms with E-state index in [1.807, 2.05) is 6.92 Å². The van der Waals surface area contributed by atoms with Crippen molar-refractivity contribution in [2.24, 2.45) is 0 Å². The summed E-state index contributed by atoms with van der Waals surface area (Å²) in [5.41, 5.74) is 0.787. The largest absolute Gasteiger partial charge is 0.478 e. The first-order valence-electron chi connectivity index (χ1n) is 7.80. The summed E-state index contributed by atoms with van der Waals surface area (Å²) in [6, 6.07) is 6.07. The zero-order valence-electron chi connectivity index (χ0n) is 13.0. The Bertz CT molecular complexity index is 473. The number of hydrogen-bond acceptors (Lipinski definition) is 2. The molecule has 0 saturated heterocycles. The zero-order chi connectivity index (χ0) is 16.4. The molecule has 0 saturated carbocycles. The first-order chi connectivity index (χ1) is 10.5. The molecule has 1 atom stereocenters. The van der Waals surface area contributed by atoms with Gasteiger partial charge in [-0.05, 0) is 43.5 Å². The van der Waals surface area contributed by atoms with Crippen LogP contribution in [0.3, 0.4) is 0 Å². The summed E-state index contributed by atoms with van der Waals surface area (Å²) >= 11 is 0. The van der Waals surface area contributed by atoms with Crippen LogP contribution in [0.2, 0.25) is 0 Å². The van der Waals surface area contributed by atoms with Gasteiger partial charge in [-0.1, -0.05) is 26.2 Å². The lowest BCUT2D eigenvalue weighted by molar-refractivity contribution is -0.116. The van der Waals surface area contributed by atoms with Gasteiger partial charge in [0.25, 0.3) is 0 Å². The summed E-state index contributed by atoms with van der Waals surface area (Å²) in [7, 11) is 0. The number of rotatable bonds is 10. The van der Waals surface area contributed by atoms with Crippen molar-refractivity contribution in [3.05, 3.63) is 29.8 Å². The molecule has 4 nitrogen and oxygen atoms in total. The SMILES string of the molecule is CCC(F)CCCCCCC(=O)Nc1ccc(C(=O)O)cc1. The van der Waals surface area contributed by atoms with Crippen LogP contribution < -0.4 is 5.32 Å². The number of amides is 1. The highest BCUT2D eigenvalue weighted by atomic mass is 19.1. The van der Waals surface area contributed by atoms with Crippen molar-refractivity contribution < 1.29 is 19.1 Å². The number of alkyl halides is 1. The van der Waals surface area contributed by atoms with Gasteiger partial charge < -0.3 is 10.4 Å². The predicted molar refractivity (Wildman–Crippen MR) is 84.9 cm³/mol. The predicted octanol–water partition coefficient (Wildman–Crippen LogP) is 4.41. The molecule has 0 heterocycles. The van der Waals surface area contributed by atoms with E-state index in [1.165, 1.54) is 12.1 Å². The van der Waals surface area contributed by atoms with E-state index in [-0.39, 0.29) is 11.5 Å². The van der Waals surface area contributed by atoms with E-state index in [2.05, 4.69) is 5.32 Å². The minimum atomic E-state index is -0.989. The van der Waals surface area contributed by atoms with E-state index in [9.17, 15) is 14.0 Å². The quantitative estimate of drug-likeness (QED) is 0.629. The van der Waals surface area contributed by atoms with Gasteiger partial charge in [0.15, 0.2) is 0 Å². The Morgan fingerprint density at radius 1 is 1.14 bits per heavy atom. The summed E-state index contributed by atoms with van der Waals surface area (Å²) in [6.07, 6.45) is 4.42. The number of aromatic carboxylic acids is 1. The highest BCUT2D eigenvalue weighted by molar-refractivity contribution is 5.92. The standard InChI is InChI=1S/C17H24FNO3/c1-2-14(18)7-5-3-4-6-8-16(20)19-15-11-9-13(10-12-15)17(21)22/h9-12,14H,2-8H2,1H3,(H,19,20)(H,21,22). The number of anilines is 1. The topological polar surface area (TPSA) is 66.4 Å². The Labute approximate surface area is 130 Å². The molecule has 122 valence electrons. The van der Waals surface area contributed by atoms with Crippen molar-refractivity contribution in [3.8, 4) is 0 Å². The van der Waals surface area contributed by atoms with Gasteiger partial charge in [-0.3, -0.25) is 4.79 Å². The Morgan fingerprint density at radius 3 is 2.36 bits per heavy atom. The van der Waals surface area contributed by atoms with Gasteiger partial charge in [0.1, 0.15) is 0 Å². The molecule has 0 aliphatic heterocycles. The second-order valence-corrected chi connectivity index (χ2v) is 5.39. The minimum Gasteiger partial charge on any atom is -0.478 e. The maximum Gasteiger partial charge on any atom is 0.335 e. The minimum absolute atomic E-state index is 0.0833. The van der Waals surface area contributed by atoms with E-state index >= 15 is 0 Å². The number of carboxylic acid groups (broad SMARTS) is 1. The van der Waals surface area contributed by atoms with E-state index < -0.39 is 12.1 Å². The van der Waals surface area contributed by atoms with Crippen molar-refractivity contribution in [1.29, 1.82) is 0 Å². The van der Waals surface area contributed by atoms with E-state index in [0.29, 0.717) is 24.9 Å². The van der Waals surface area contributed by atoms with Gasteiger partial charge >= 0.3 is 5.97 Å². The fourth-order valence-electron chi connectivity index (χ4n) is 2.13. The Kier molecular flexibility index (Phi) is 8.18. The number of unbranched alkanes of at least 4 members (excludes halogenated alkanes) is 3. The molecule has 0 aromatic heterocycles. The lowest BCUT2D eigenvalue weighted by Gasteiger charge is -2.06.